The van der Waals surface area contributed by atoms with Crippen molar-refractivity contribution < 1.29 is 19.0 Å². The second-order valence-electron chi connectivity index (χ2n) is 5.64. The first kappa shape index (κ1) is 19.7. The maximum Gasteiger partial charge on any atom is 0.167 e. The van der Waals surface area contributed by atoms with E-state index in [9.17, 15) is 9.50 Å². The van der Waals surface area contributed by atoms with Crippen molar-refractivity contribution in [2.75, 3.05) is 13.7 Å². The lowest BCUT2D eigenvalue weighted by Crippen LogP contribution is -2.31. The molecule has 0 aliphatic heterocycles. The Bertz CT molecular complexity index is 675. The Morgan fingerprint density at radius 1 is 1.20 bits per heavy atom. The molecule has 136 valence electrons. The highest BCUT2D eigenvalue weighted by molar-refractivity contribution is 9.10. The van der Waals surface area contributed by atoms with Gasteiger partial charge in [-0.1, -0.05) is 35.0 Å². The summed E-state index contributed by atoms with van der Waals surface area (Å²) in [5.74, 6) is 0.976. The maximum atomic E-state index is 13.0. The van der Waals surface area contributed by atoms with Gasteiger partial charge in [0.15, 0.2) is 11.5 Å². The zero-order valence-corrected chi connectivity index (χ0v) is 16.0. The van der Waals surface area contributed by atoms with E-state index in [2.05, 4.69) is 21.2 Å². The average Bonchev–Trinajstić information content (AvgIpc) is 2.63. The van der Waals surface area contributed by atoms with Crippen molar-refractivity contribution >= 4 is 15.9 Å². The summed E-state index contributed by atoms with van der Waals surface area (Å²) in [6.07, 6.45) is 0.823. The van der Waals surface area contributed by atoms with Crippen LogP contribution in [0.25, 0.3) is 0 Å². The smallest absolute Gasteiger partial charge is 0.167 e. The molecule has 25 heavy (non-hydrogen) atoms. The van der Waals surface area contributed by atoms with Gasteiger partial charge in [0.25, 0.3) is 0 Å². The number of nitrogens with one attached hydrogen (secondary N) is 1. The number of benzene rings is 2. The van der Waals surface area contributed by atoms with Crippen LogP contribution >= 0.6 is 15.9 Å². The molecule has 1 atom stereocenters. The Morgan fingerprint density at radius 2 is 1.92 bits per heavy atom. The molecular formula is C19H23BrFNO3. The highest BCUT2D eigenvalue weighted by Crippen LogP contribution is 2.36. The van der Waals surface area contributed by atoms with Gasteiger partial charge in [0, 0.05) is 22.6 Å². The largest absolute Gasteiger partial charge is 0.493 e. The van der Waals surface area contributed by atoms with Crippen molar-refractivity contribution in [1.29, 1.82) is 0 Å². The topological polar surface area (TPSA) is 50.7 Å². The second kappa shape index (κ2) is 9.75. The third-order valence-electron chi connectivity index (χ3n) is 3.96. The summed E-state index contributed by atoms with van der Waals surface area (Å²) in [6, 6.07) is 9.95. The van der Waals surface area contributed by atoms with Crippen LogP contribution in [0.5, 0.6) is 11.5 Å². The molecular weight excluding hydrogens is 389 g/mol. The van der Waals surface area contributed by atoms with E-state index in [0.29, 0.717) is 24.7 Å². The molecule has 0 radical (unpaired) electrons. The molecule has 1 unspecified atom stereocenters. The van der Waals surface area contributed by atoms with Crippen LogP contribution in [0.4, 0.5) is 4.39 Å². The van der Waals surface area contributed by atoms with Crippen LogP contribution in [0.1, 0.15) is 24.5 Å². The van der Waals surface area contributed by atoms with Crippen molar-refractivity contribution in [3.63, 3.8) is 0 Å². The van der Waals surface area contributed by atoms with Gasteiger partial charge in [-0.2, -0.15) is 0 Å². The summed E-state index contributed by atoms with van der Waals surface area (Å²) in [7, 11) is 1.59. The van der Waals surface area contributed by atoms with Crippen LogP contribution in [-0.2, 0) is 13.2 Å². The van der Waals surface area contributed by atoms with Crippen molar-refractivity contribution in [2.45, 2.75) is 32.5 Å². The Labute approximate surface area is 156 Å². The Balaban J connectivity index is 2.20. The van der Waals surface area contributed by atoms with Gasteiger partial charge >= 0.3 is 0 Å². The van der Waals surface area contributed by atoms with Crippen LogP contribution in [0.3, 0.4) is 0 Å². The molecule has 0 saturated heterocycles. The molecule has 0 aliphatic rings. The molecule has 0 spiro atoms. The lowest BCUT2D eigenvalue weighted by atomic mass is 10.1. The first-order valence-corrected chi connectivity index (χ1v) is 8.95. The first-order valence-electron chi connectivity index (χ1n) is 8.15. The zero-order chi connectivity index (χ0) is 18.2. The van der Waals surface area contributed by atoms with Crippen LogP contribution in [0.15, 0.2) is 40.9 Å². The number of methoxy groups -OCH3 is 1. The molecule has 0 bridgehead atoms. The van der Waals surface area contributed by atoms with Crippen molar-refractivity contribution in [3.8, 4) is 11.5 Å². The number of halogens is 2. The minimum atomic E-state index is -0.275. The molecule has 2 N–H and O–H groups in total. The van der Waals surface area contributed by atoms with E-state index in [-0.39, 0.29) is 18.5 Å². The molecule has 2 rings (SSSR count). The summed E-state index contributed by atoms with van der Waals surface area (Å²) >= 11 is 3.55. The molecule has 0 heterocycles. The number of ether oxygens (including phenoxy) is 2. The van der Waals surface area contributed by atoms with Crippen molar-refractivity contribution in [1.82, 2.24) is 5.32 Å². The number of hydrogen-bond donors (Lipinski definition) is 2. The monoisotopic (exact) mass is 411 g/mol. The van der Waals surface area contributed by atoms with E-state index in [0.717, 1.165) is 22.0 Å². The number of rotatable bonds is 9. The quantitative estimate of drug-likeness (QED) is 0.653. The molecule has 6 heteroatoms. The minimum Gasteiger partial charge on any atom is -0.493 e. The van der Waals surface area contributed by atoms with E-state index in [4.69, 9.17) is 9.47 Å². The maximum absolute atomic E-state index is 13.0. The summed E-state index contributed by atoms with van der Waals surface area (Å²) in [6.45, 7) is 2.91. The lowest BCUT2D eigenvalue weighted by molar-refractivity contribution is 0.236. The minimum absolute atomic E-state index is 0.0167. The van der Waals surface area contributed by atoms with Crippen molar-refractivity contribution in [3.05, 3.63) is 57.8 Å². The second-order valence-corrected chi connectivity index (χ2v) is 6.50. The van der Waals surface area contributed by atoms with E-state index in [1.165, 1.54) is 12.1 Å². The highest BCUT2D eigenvalue weighted by atomic mass is 79.9. The van der Waals surface area contributed by atoms with Gasteiger partial charge in [0.1, 0.15) is 12.4 Å². The fourth-order valence-electron chi connectivity index (χ4n) is 2.39. The summed E-state index contributed by atoms with van der Waals surface area (Å²) in [4.78, 5) is 0. The van der Waals surface area contributed by atoms with Crippen molar-refractivity contribution in [2.24, 2.45) is 0 Å². The summed E-state index contributed by atoms with van der Waals surface area (Å²) in [5, 5.41) is 12.7. The normalized spacial score (nSPS) is 12.0. The number of aliphatic hydroxyl groups is 1. The van der Waals surface area contributed by atoms with E-state index in [1.54, 1.807) is 19.2 Å². The first-order chi connectivity index (χ1) is 12.1. The van der Waals surface area contributed by atoms with Gasteiger partial charge in [-0.05, 0) is 36.2 Å². The average molecular weight is 412 g/mol. The third-order valence-corrected chi connectivity index (χ3v) is 4.71. The predicted molar refractivity (Wildman–Crippen MR) is 99.4 cm³/mol. The predicted octanol–water partition coefficient (Wildman–Crippen LogP) is 4.04. The van der Waals surface area contributed by atoms with Gasteiger partial charge in [-0.15, -0.1) is 0 Å². The zero-order valence-electron chi connectivity index (χ0n) is 14.4. The van der Waals surface area contributed by atoms with Crippen LogP contribution in [-0.4, -0.2) is 24.9 Å². The van der Waals surface area contributed by atoms with Gasteiger partial charge in [0.05, 0.1) is 13.7 Å². The molecule has 0 aliphatic carbocycles. The standard InChI is InChI=1S/C19H23BrFNO3/c1-3-15(11-23)22-10-16-17(20)8-9-18(24-2)19(16)25-12-13-4-6-14(21)7-5-13/h4-9,15,22-23H,3,10-12H2,1-2H3. The molecule has 0 saturated carbocycles. The van der Waals surface area contributed by atoms with Gasteiger partial charge < -0.3 is 19.9 Å². The Kier molecular flexibility index (Phi) is 7.68. The van der Waals surface area contributed by atoms with Gasteiger partial charge in [-0.25, -0.2) is 4.39 Å². The highest BCUT2D eigenvalue weighted by Gasteiger charge is 2.16. The van der Waals surface area contributed by atoms with E-state index in [1.807, 2.05) is 19.1 Å². The fraction of sp³-hybridized carbons (Fsp3) is 0.368. The van der Waals surface area contributed by atoms with Gasteiger partial charge in [0.2, 0.25) is 0 Å². The molecule has 0 fully saturated rings. The Hall–Kier alpha value is -1.63. The molecule has 0 aromatic heterocycles. The van der Waals surface area contributed by atoms with E-state index < -0.39 is 0 Å². The third kappa shape index (κ3) is 5.42. The number of aliphatic hydroxyl groups excluding tert-OH is 1. The molecule has 4 nitrogen and oxygen atoms in total. The van der Waals surface area contributed by atoms with Crippen LogP contribution in [0.2, 0.25) is 0 Å². The molecule has 2 aromatic rings. The Morgan fingerprint density at radius 3 is 2.52 bits per heavy atom. The van der Waals surface area contributed by atoms with E-state index >= 15 is 0 Å². The summed E-state index contributed by atoms with van der Waals surface area (Å²) in [5.41, 5.74) is 1.78. The van der Waals surface area contributed by atoms with Crippen LogP contribution < -0.4 is 14.8 Å². The molecule has 0 amide bonds. The fourth-order valence-corrected chi connectivity index (χ4v) is 2.84. The van der Waals surface area contributed by atoms with Gasteiger partial charge in [-0.3, -0.25) is 0 Å². The number of hydrogen-bond acceptors (Lipinski definition) is 4. The van der Waals surface area contributed by atoms with Crippen LogP contribution in [0, 0.1) is 5.82 Å². The SMILES string of the molecule is CCC(CO)NCc1c(Br)ccc(OC)c1OCc1ccc(F)cc1. The molecule has 2 aromatic carbocycles. The summed E-state index contributed by atoms with van der Waals surface area (Å²) < 4.78 is 25.3. The lowest BCUT2D eigenvalue weighted by Gasteiger charge is -2.19.